The molecule has 0 saturated carbocycles. The van der Waals surface area contributed by atoms with Gasteiger partial charge < -0.3 is 4.74 Å². The van der Waals surface area contributed by atoms with Gasteiger partial charge in [-0.2, -0.15) is 0 Å². The molecule has 9 heavy (non-hydrogen) atoms. The third-order valence-electron chi connectivity index (χ3n) is 0.775. The summed E-state index contributed by atoms with van der Waals surface area (Å²) in [5, 5.41) is 0. The topological polar surface area (TPSA) is 22.8 Å². The molecule has 0 aliphatic rings. The van der Waals surface area contributed by atoms with Crippen molar-refractivity contribution < 1.29 is 9.47 Å². The first-order valence-electron chi connectivity index (χ1n) is 2.87. The van der Waals surface area contributed by atoms with E-state index in [-0.39, 0.29) is 13.0 Å². The summed E-state index contributed by atoms with van der Waals surface area (Å²) >= 11 is 0. The molecule has 1 atom stereocenters. The zero-order valence-corrected chi connectivity index (χ0v) is 5.76. The molecule has 0 aliphatic heterocycles. The molecular formula is C6H11NO2. The molecule has 0 heterocycles. The standard InChI is InChI=1S/C6H11NO2/c1-4-8-6(2)9-5-7-3/h6H,4-5H2,1-2H3. The molecule has 0 saturated heterocycles. The summed E-state index contributed by atoms with van der Waals surface area (Å²) in [5.74, 6) is 0. The van der Waals surface area contributed by atoms with Gasteiger partial charge in [0.2, 0.25) is 0 Å². The minimum Gasteiger partial charge on any atom is -0.353 e. The SMILES string of the molecule is [C-]#[N+]COC(C)OCC. The van der Waals surface area contributed by atoms with Gasteiger partial charge in [0.15, 0.2) is 6.29 Å². The summed E-state index contributed by atoms with van der Waals surface area (Å²) in [6.07, 6.45) is -0.246. The third kappa shape index (κ3) is 5.28. The number of hydrogen-bond acceptors (Lipinski definition) is 2. The van der Waals surface area contributed by atoms with Gasteiger partial charge in [0.1, 0.15) is 0 Å². The highest BCUT2D eigenvalue weighted by Crippen LogP contribution is 1.91. The van der Waals surface area contributed by atoms with E-state index in [0.29, 0.717) is 6.61 Å². The van der Waals surface area contributed by atoms with Crippen LogP contribution < -0.4 is 0 Å². The van der Waals surface area contributed by atoms with E-state index in [4.69, 9.17) is 16.0 Å². The first kappa shape index (κ1) is 8.41. The van der Waals surface area contributed by atoms with E-state index in [0.717, 1.165) is 0 Å². The van der Waals surface area contributed by atoms with Gasteiger partial charge in [-0.3, -0.25) is 9.58 Å². The van der Waals surface area contributed by atoms with E-state index in [9.17, 15) is 0 Å². The predicted octanol–water partition coefficient (Wildman–Crippen LogP) is 1.26. The lowest BCUT2D eigenvalue weighted by molar-refractivity contribution is -0.119. The van der Waals surface area contributed by atoms with Crippen molar-refractivity contribution in [2.75, 3.05) is 13.3 Å². The summed E-state index contributed by atoms with van der Waals surface area (Å²) in [6.45, 7) is 10.7. The normalized spacial score (nSPS) is 12.6. The van der Waals surface area contributed by atoms with E-state index in [1.54, 1.807) is 6.92 Å². The summed E-state index contributed by atoms with van der Waals surface area (Å²) in [4.78, 5) is 3.01. The highest BCUT2D eigenvalue weighted by molar-refractivity contribution is 4.45. The monoisotopic (exact) mass is 129 g/mol. The van der Waals surface area contributed by atoms with Gasteiger partial charge in [-0.1, -0.05) is 0 Å². The van der Waals surface area contributed by atoms with Crippen LogP contribution in [-0.2, 0) is 9.47 Å². The lowest BCUT2D eigenvalue weighted by Gasteiger charge is -2.06. The van der Waals surface area contributed by atoms with E-state index in [1.165, 1.54) is 0 Å². The van der Waals surface area contributed by atoms with E-state index in [2.05, 4.69) is 4.85 Å². The van der Waals surface area contributed by atoms with Crippen LogP contribution in [0, 0.1) is 6.57 Å². The van der Waals surface area contributed by atoms with Crippen molar-refractivity contribution in [3.63, 3.8) is 0 Å². The Balaban J connectivity index is 3.07. The van der Waals surface area contributed by atoms with Crippen molar-refractivity contribution in [3.05, 3.63) is 11.4 Å². The molecular weight excluding hydrogens is 118 g/mol. The van der Waals surface area contributed by atoms with Crippen LogP contribution in [0.25, 0.3) is 4.85 Å². The summed E-state index contributed by atoms with van der Waals surface area (Å²) in [6, 6.07) is 0. The van der Waals surface area contributed by atoms with Crippen molar-refractivity contribution in [2.24, 2.45) is 0 Å². The number of hydrogen-bond donors (Lipinski definition) is 0. The van der Waals surface area contributed by atoms with Crippen molar-refractivity contribution in [2.45, 2.75) is 20.1 Å². The molecule has 0 rings (SSSR count). The zero-order valence-electron chi connectivity index (χ0n) is 5.76. The van der Waals surface area contributed by atoms with Gasteiger partial charge in [0.25, 0.3) is 0 Å². The molecule has 3 nitrogen and oxygen atoms in total. The van der Waals surface area contributed by atoms with Crippen molar-refractivity contribution in [1.82, 2.24) is 0 Å². The second kappa shape index (κ2) is 5.54. The van der Waals surface area contributed by atoms with Gasteiger partial charge in [-0.15, -0.1) is 0 Å². The minimum absolute atomic E-state index is 0.0845. The average molecular weight is 129 g/mol. The molecule has 0 fully saturated rings. The van der Waals surface area contributed by atoms with Crippen molar-refractivity contribution in [1.29, 1.82) is 0 Å². The van der Waals surface area contributed by atoms with Crippen molar-refractivity contribution >= 4 is 0 Å². The van der Waals surface area contributed by atoms with Crippen LogP contribution in [0.3, 0.4) is 0 Å². The van der Waals surface area contributed by atoms with E-state index < -0.39 is 0 Å². The van der Waals surface area contributed by atoms with Gasteiger partial charge >= 0.3 is 6.73 Å². The fraction of sp³-hybridized carbons (Fsp3) is 0.833. The van der Waals surface area contributed by atoms with Crippen LogP contribution in [0.5, 0.6) is 0 Å². The van der Waals surface area contributed by atoms with Gasteiger partial charge in [-0.05, 0) is 13.8 Å². The zero-order chi connectivity index (χ0) is 7.11. The smallest absolute Gasteiger partial charge is 0.320 e. The molecule has 0 radical (unpaired) electrons. The van der Waals surface area contributed by atoms with Gasteiger partial charge in [0, 0.05) is 6.61 Å². The predicted molar refractivity (Wildman–Crippen MR) is 33.6 cm³/mol. The maximum Gasteiger partial charge on any atom is 0.320 e. The second-order valence-corrected chi connectivity index (χ2v) is 1.48. The van der Waals surface area contributed by atoms with Crippen LogP contribution in [0.2, 0.25) is 0 Å². The quantitative estimate of drug-likeness (QED) is 0.421. The lowest BCUT2D eigenvalue weighted by Crippen LogP contribution is -2.11. The fourth-order valence-electron chi connectivity index (χ4n) is 0.425. The molecule has 52 valence electrons. The number of rotatable bonds is 4. The molecule has 0 N–H and O–H groups in total. The largest absolute Gasteiger partial charge is 0.353 e. The molecule has 0 amide bonds. The Bertz CT molecular complexity index is 97.7. The van der Waals surface area contributed by atoms with Gasteiger partial charge in [0.05, 0.1) is 0 Å². The molecule has 0 aromatic rings. The highest BCUT2D eigenvalue weighted by atomic mass is 16.7. The second-order valence-electron chi connectivity index (χ2n) is 1.48. The Morgan fingerprint density at radius 3 is 2.67 bits per heavy atom. The average Bonchev–Trinajstić information content (AvgIpc) is 1.85. The third-order valence-corrected chi connectivity index (χ3v) is 0.775. The van der Waals surface area contributed by atoms with E-state index >= 15 is 0 Å². The molecule has 0 aromatic carbocycles. The highest BCUT2D eigenvalue weighted by Gasteiger charge is 1.98. The maximum atomic E-state index is 6.37. The van der Waals surface area contributed by atoms with Crippen molar-refractivity contribution in [3.8, 4) is 0 Å². The Morgan fingerprint density at radius 1 is 1.56 bits per heavy atom. The summed E-state index contributed by atoms with van der Waals surface area (Å²) < 4.78 is 9.83. The van der Waals surface area contributed by atoms with Gasteiger partial charge in [-0.25, -0.2) is 6.57 Å². The lowest BCUT2D eigenvalue weighted by atomic mass is 10.7. The Morgan fingerprint density at radius 2 is 2.22 bits per heavy atom. The first-order chi connectivity index (χ1) is 4.31. The van der Waals surface area contributed by atoms with Crippen LogP contribution in [0.1, 0.15) is 13.8 Å². The first-order valence-corrected chi connectivity index (χ1v) is 2.87. The Hall–Kier alpha value is -0.590. The molecule has 3 heteroatoms. The molecule has 1 unspecified atom stereocenters. The van der Waals surface area contributed by atoms with Crippen LogP contribution in [-0.4, -0.2) is 19.6 Å². The Labute approximate surface area is 55.4 Å². The van der Waals surface area contributed by atoms with Crippen LogP contribution in [0.15, 0.2) is 0 Å². The van der Waals surface area contributed by atoms with Crippen LogP contribution in [0.4, 0.5) is 0 Å². The maximum absolute atomic E-state index is 6.37. The molecule has 0 spiro atoms. The summed E-state index contributed by atoms with van der Waals surface area (Å²) in [5.41, 5.74) is 0. The van der Waals surface area contributed by atoms with Crippen LogP contribution >= 0.6 is 0 Å². The fourth-order valence-corrected chi connectivity index (χ4v) is 0.425. The number of ether oxygens (including phenoxy) is 2. The molecule has 0 aromatic heterocycles. The number of nitrogens with zero attached hydrogens (tertiary/aromatic N) is 1. The molecule has 0 aliphatic carbocycles. The Kier molecular flexibility index (Phi) is 5.18. The summed E-state index contributed by atoms with van der Waals surface area (Å²) in [7, 11) is 0. The van der Waals surface area contributed by atoms with E-state index in [1.807, 2.05) is 6.92 Å². The molecule has 0 bridgehead atoms. The minimum atomic E-state index is -0.246.